The Morgan fingerprint density at radius 2 is 1.71 bits per heavy atom. The number of methoxy groups -OCH3 is 2. The SMILES string of the molecule is COc1cc(OC)cc(-c2nc(O)c(C(C)C)c(=O)[nH]2)c1. The van der Waals surface area contributed by atoms with Crippen LogP contribution in [0, 0.1) is 0 Å². The molecule has 112 valence electrons. The van der Waals surface area contributed by atoms with Crippen LogP contribution in [0.5, 0.6) is 17.4 Å². The number of aromatic hydroxyl groups is 1. The van der Waals surface area contributed by atoms with Crippen molar-refractivity contribution in [1.82, 2.24) is 9.97 Å². The van der Waals surface area contributed by atoms with Crippen LogP contribution in [0.25, 0.3) is 11.4 Å². The van der Waals surface area contributed by atoms with Crippen molar-refractivity contribution >= 4 is 0 Å². The molecule has 2 aromatic rings. The van der Waals surface area contributed by atoms with E-state index in [9.17, 15) is 9.90 Å². The van der Waals surface area contributed by atoms with Gasteiger partial charge in [-0.25, -0.2) is 0 Å². The number of benzene rings is 1. The zero-order chi connectivity index (χ0) is 15.6. The fourth-order valence-electron chi connectivity index (χ4n) is 2.07. The molecule has 0 amide bonds. The molecule has 2 rings (SSSR count). The van der Waals surface area contributed by atoms with Gasteiger partial charge in [0.15, 0.2) is 0 Å². The maximum absolute atomic E-state index is 12.1. The number of hydrogen-bond donors (Lipinski definition) is 2. The van der Waals surface area contributed by atoms with Crippen LogP contribution >= 0.6 is 0 Å². The minimum atomic E-state index is -0.353. The number of H-pyrrole nitrogens is 1. The van der Waals surface area contributed by atoms with Gasteiger partial charge in [-0.05, 0) is 18.1 Å². The molecule has 0 saturated carbocycles. The summed E-state index contributed by atoms with van der Waals surface area (Å²) in [6.07, 6.45) is 0. The summed E-state index contributed by atoms with van der Waals surface area (Å²) in [6, 6.07) is 5.12. The molecule has 0 radical (unpaired) electrons. The Bertz CT molecular complexity index is 685. The Labute approximate surface area is 122 Å². The molecule has 21 heavy (non-hydrogen) atoms. The van der Waals surface area contributed by atoms with E-state index < -0.39 is 0 Å². The highest BCUT2D eigenvalue weighted by Gasteiger charge is 2.15. The Balaban J connectivity index is 2.60. The van der Waals surface area contributed by atoms with Crippen molar-refractivity contribution in [1.29, 1.82) is 0 Å². The standard InChI is InChI=1S/C15H18N2O4/c1-8(2)12-14(18)16-13(17-15(12)19)9-5-10(20-3)7-11(6-9)21-4/h5-8H,1-4H3,(H2,16,17,18,19). The Morgan fingerprint density at radius 3 is 2.14 bits per heavy atom. The summed E-state index contributed by atoms with van der Waals surface area (Å²) < 4.78 is 10.4. The van der Waals surface area contributed by atoms with Crippen molar-refractivity contribution in [3.8, 4) is 28.8 Å². The molecule has 0 atom stereocenters. The second-order valence-electron chi connectivity index (χ2n) is 4.91. The second-order valence-corrected chi connectivity index (χ2v) is 4.91. The van der Waals surface area contributed by atoms with Crippen molar-refractivity contribution in [2.45, 2.75) is 19.8 Å². The van der Waals surface area contributed by atoms with Gasteiger partial charge in [-0.3, -0.25) is 4.79 Å². The van der Waals surface area contributed by atoms with E-state index in [4.69, 9.17) is 9.47 Å². The summed E-state index contributed by atoms with van der Waals surface area (Å²) in [5.41, 5.74) is 0.511. The smallest absolute Gasteiger partial charge is 0.258 e. The average molecular weight is 290 g/mol. The zero-order valence-electron chi connectivity index (χ0n) is 12.4. The number of hydrogen-bond acceptors (Lipinski definition) is 5. The van der Waals surface area contributed by atoms with Crippen LogP contribution in [0.2, 0.25) is 0 Å². The highest BCUT2D eigenvalue weighted by Crippen LogP contribution is 2.29. The zero-order valence-corrected chi connectivity index (χ0v) is 12.4. The molecule has 0 aliphatic rings. The molecule has 1 aromatic carbocycles. The molecular weight excluding hydrogens is 272 g/mol. The van der Waals surface area contributed by atoms with Crippen molar-refractivity contribution in [2.75, 3.05) is 14.2 Å². The van der Waals surface area contributed by atoms with E-state index in [1.807, 2.05) is 13.8 Å². The summed E-state index contributed by atoms with van der Waals surface area (Å²) in [7, 11) is 3.07. The van der Waals surface area contributed by atoms with E-state index in [1.54, 1.807) is 18.2 Å². The number of aromatic amines is 1. The number of aromatic nitrogens is 2. The van der Waals surface area contributed by atoms with Crippen molar-refractivity contribution in [2.24, 2.45) is 0 Å². The summed E-state index contributed by atoms with van der Waals surface area (Å²) in [5.74, 6) is 1.03. The molecule has 0 aliphatic carbocycles. The minimum absolute atomic E-state index is 0.116. The molecule has 6 heteroatoms. The lowest BCUT2D eigenvalue weighted by atomic mass is 10.1. The molecule has 0 bridgehead atoms. The summed E-state index contributed by atoms with van der Waals surface area (Å²) in [6.45, 7) is 3.64. The average Bonchev–Trinajstić information content (AvgIpc) is 2.45. The number of ether oxygens (including phenoxy) is 2. The molecule has 1 heterocycles. The van der Waals surface area contributed by atoms with Gasteiger partial charge >= 0.3 is 0 Å². The van der Waals surface area contributed by atoms with Gasteiger partial charge in [0.1, 0.15) is 17.3 Å². The number of nitrogens with zero attached hydrogens (tertiary/aromatic N) is 1. The van der Waals surface area contributed by atoms with Crippen molar-refractivity contribution in [3.05, 3.63) is 34.1 Å². The minimum Gasteiger partial charge on any atom is -0.497 e. The lowest BCUT2D eigenvalue weighted by Crippen LogP contribution is -2.16. The molecule has 0 saturated heterocycles. The largest absolute Gasteiger partial charge is 0.497 e. The topological polar surface area (TPSA) is 84.4 Å². The van der Waals surface area contributed by atoms with Gasteiger partial charge in [0.25, 0.3) is 5.56 Å². The lowest BCUT2D eigenvalue weighted by Gasteiger charge is -2.10. The van der Waals surface area contributed by atoms with Gasteiger partial charge in [0.2, 0.25) is 5.88 Å². The fourth-order valence-corrected chi connectivity index (χ4v) is 2.07. The molecular formula is C15H18N2O4. The van der Waals surface area contributed by atoms with Gasteiger partial charge in [0.05, 0.1) is 19.8 Å². The van der Waals surface area contributed by atoms with Crippen LogP contribution in [-0.4, -0.2) is 29.3 Å². The van der Waals surface area contributed by atoms with E-state index in [0.717, 1.165) is 0 Å². The van der Waals surface area contributed by atoms with E-state index in [1.165, 1.54) is 14.2 Å². The second kappa shape index (κ2) is 5.87. The third kappa shape index (κ3) is 2.99. The maximum Gasteiger partial charge on any atom is 0.258 e. The first-order chi connectivity index (χ1) is 9.96. The van der Waals surface area contributed by atoms with Crippen LogP contribution < -0.4 is 15.0 Å². The first-order valence-electron chi connectivity index (χ1n) is 6.53. The predicted molar refractivity (Wildman–Crippen MR) is 79.2 cm³/mol. The summed E-state index contributed by atoms with van der Waals surface area (Å²) >= 11 is 0. The quantitative estimate of drug-likeness (QED) is 0.902. The van der Waals surface area contributed by atoms with Crippen LogP contribution in [0.15, 0.2) is 23.0 Å². The number of rotatable bonds is 4. The molecule has 6 nitrogen and oxygen atoms in total. The van der Waals surface area contributed by atoms with Crippen LogP contribution in [0.3, 0.4) is 0 Å². The summed E-state index contributed by atoms with van der Waals surface area (Å²) in [5, 5.41) is 9.96. The van der Waals surface area contributed by atoms with E-state index in [0.29, 0.717) is 17.1 Å². The van der Waals surface area contributed by atoms with Gasteiger partial charge in [-0.15, -0.1) is 0 Å². The lowest BCUT2D eigenvalue weighted by molar-refractivity contribution is 0.394. The first-order valence-corrected chi connectivity index (χ1v) is 6.53. The normalized spacial score (nSPS) is 10.7. The molecule has 0 aliphatic heterocycles. The predicted octanol–water partition coefficient (Wildman–Crippen LogP) is 2.28. The van der Waals surface area contributed by atoms with E-state index >= 15 is 0 Å². The van der Waals surface area contributed by atoms with Gasteiger partial charge in [-0.2, -0.15) is 4.98 Å². The van der Waals surface area contributed by atoms with E-state index in [2.05, 4.69) is 9.97 Å². The Kier molecular flexibility index (Phi) is 4.16. The molecule has 0 fully saturated rings. The van der Waals surface area contributed by atoms with Crippen LogP contribution in [0.1, 0.15) is 25.3 Å². The number of nitrogens with one attached hydrogen (secondary N) is 1. The molecule has 2 N–H and O–H groups in total. The van der Waals surface area contributed by atoms with Crippen molar-refractivity contribution < 1.29 is 14.6 Å². The van der Waals surface area contributed by atoms with Crippen LogP contribution in [0.4, 0.5) is 0 Å². The third-order valence-corrected chi connectivity index (χ3v) is 3.14. The highest BCUT2D eigenvalue weighted by molar-refractivity contribution is 5.61. The fraction of sp³-hybridized carbons (Fsp3) is 0.333. The van der Waals surface area contributed by atoms with Gasteiger partial charge in [-0.1, -0.05) is 13.8 Å². The monoisotopic (exact) mass is 290 g/mol. The first kappa shape index (κ1) is 14.9. The van der Waals surface area contributed by atoms with Gasteiger partial charge in [0, 0.05) is 11.6 Å². The van der Waals surface area contributed by atoms with Crippen molar-refractivity contribution in [3.63, 3.8) is 0 Å². The Morgan fingerprint density at radius 1 is 1.14 bits per heavy atom. The molecule has 1 aromatic heterocycles. The highest BCUT2D eigenvalue weighted by atomic mass is 16.5. The maximum atomic E-state index is 12.1. The van der Waals surface area contributed by atoms with Gasteiger partial charge < -0.3 is 19.6 Å². The third-order valence-electron chi connectivity index (χ3n) is 3.14. The molecule has 0 spiro atoms. The van der Waals surface area contributed by atoms with E-state index in [-0.39, 0.29) is 28.7 Å². The Hall–Kier alpha value is -2.50. The van der Waals surface area contributed by atoms with Crippen LogP contribution in [-0.2, 0) is 0 Å². The summed E-state index contributed by atoms with van der Waals surface area (Å²) in [4.78, 5) is 18.8. The molecule has 0 unspecified atom stereocenters.